The number of nitrogens with zero attached hydrogens (tertiary/aromatic N) is 3. The normalized spacial score (nSPS) is 18.0. The van der Waals surface area contributed by atoms with Gasteiger partial charge in [0.15, 0.2) is 0 Å². The van der Waals surface area contributed by atoms with Gasteiger partial charge in [-0.3, -0.25) is 14.6 Å². The van der Waals surface area contributed by atoms with Crippen LogP contribution in [-0.2, 0) is 4.79 Å². The third kappa shape index (κ3) is 3.79. The number of rotatable bonds is 4. The van der Waals surface area contributed by atoms with Crippen LogP contribution in [0.4, 0.5) is 22.0 Å². The molecular weight excluding hydrogens is 340 g/mol. The monoisotopic (exact) mass is 364 g/mol. The summed E-state index contributed by atoms with van der Waals surface area (Å²) in [6, 6.07) is 13.2. The van der Waals surface area contributed by atoms with Gasteiger partial charge in [0, 0.05) is 24.7 Å². The summed E-state index contributed by atoms with van der Waals surface area (Å²) >= 11 is 0. The molecule has 1 N–H and O–H groups in total. The molecule has 1 aromatic carbocycles. The van der Waals surface area contributed by atoms with Gasteiger partial charge in [0.1, 0.15) is 5.82 Å². The highest BCUT2D eigenvalue weighted by molar-refractivity contribution is 6.05. The summed E-state index contributed by atoms with van der Waals surface area (Å²) in [6.07, 6.45) is 7.05. The van der Waals surface area contributed by atoms with Gasteiger partial charge in [-0.15, -0.1) is 0 Å². The molecular formula is C21H24N4O2. The smallest absolute Gasteiger partial charge is 0.324 e. The molecule has 0 radical (unpaired) electrons. The van der Waals surface area contributed by atoms with E-state index in [-0.39, 0.29) is 17.9 Å². The summed E-state index contributed by atoms with van der Waals surface area (Å²) in [5.41, 5.74) is 1.57. The summed E-state index contributed by atoms with van der Waals surface area (Å²) in [5.74, 6) is 0.795. The second kappa shape index (κ2) is 7.78. The van der Waals surface area contributed by atoms with E-state index in [1.54, 1.807) is 22.1 Å². The van der Waals surface area contributed by atoms with Gasteiger partial charge < -0.3 is 5.32 Å². The largest absolute Gasteiger partial charge is 0.330 e. The maximum absolute atomic E-state index is 12.7. The van der Waals surface area contributed by atoms with Crippen LogP contribution in [0.5, 0.6) is 0 Å². The maximum atomic E-state index is 12.7. The number of benzene rings is 1. The van der Waals surface area contributed by atoms with Crippen LogP contribution in [-0.4, -0.2) is 30.0 Å². The first-order valence-electron chi connectivity index (χ1n) is 9.63. The number of pyridine rings is 1. The van der Waals surface area contributed by atoms with Gasteiger partial charge in [0.25, 0.3) is 0 Å². The van der Waals surface area contributed by atoms with Crippen LogP contribution in [0.1, 0.15) is 32.1 Å². The molecule has 6 heteroatoms. The van der Waals surface area contributed by atoms with Gasteiger partial charge in [-0.2, -0.15) is 0 Å². The number of hydrogen-bond donors (Lipinski definition) is 1. The number of nitrogens with one attached hydrogen (secondary N) is 1. The SMILES string of the molecule is O=C(Nc1ccc(N2CCN(c3ccccc3)C2=O)nc1)C1CCCCC1. The highest BCUT2D eigenvalue weighted by Crippen LogP contribution is 2.26. The number of carbonyl (C=O) groups excluding carboxylic acids is 2. The van der Waals surface area contributed by atoms with Crippen molar-refractivity contribution in [2.24, 2.45) is 5.92 Å². The highest BCUT2D eigenvalue weighted by atomic mass is 16.2. The zero-order valence-corrected chi connectivity index (χ0v) is 15.3. The molecule has 4 rings (SSSR count). The highest BCUT2D eigenvalue weighted by Gasteiger charge is 2.31. The van der Waals surface area contributed by atoms with Crippen LogP contribution in [0.3, 0.4) is 0 Å². The zero-order chi connectivity index (χ0) is 18.6. The minimum absolute atomic E-state index is 0.0762. The third-order valence-corrected chi connectivity index (χ3v) is 5.34. The second-order valence-corrected chi connectivity index (χ2v) is 7.15. The third-order valence-electron chi connectivity index (χ3n) is 5.34. The van der Waals surface area contributed by atoms with Crippen LogP contribution >= 0.6 is 0 Å². The molecule has 2 heterocycles. The summed E-state index contributed by atoms with van der Waals surface area (Å²) in [6.45, 7) is 1.22. The minimum atomic E-state index is -0.0762. The molecule has 2 aliphatic rings. The fraction of sp³-hybridized carbons (Fsp3) is 0.381. The molecule has 6 nitrogen and oxygen atoms in total. The topological polar surface area (TPSA) is 65.5 Å². The summed E-state index contributed by atoms with van der Waals surface area (Å²) in [7, 11) is 0. The Labute approximate surface area is 159 Å². The van der Waals surface area contributed by atoms with Gasteiger partial charge in [0.05, 0.1) is 11.9 Å². The van der Waals surface area contributed by atoms with Crippen LogP contribution in [0.25, 0.3) is 0 Å². The van der Waals surface area contributed by atoms with Crippen molar-refractivity contribution >= 4 is 29.1 Å². The van der Waals surface area contributed by atoms with E-state index in [1.165, 1.54) is 6.42 Å². The zero-order valence-electron chi connectivity index (χ0n) is 15.3. The molecule has 1 aliphatic heterocycles. The summed E-state index contributed by atoms with van der Waals surface area (Å²) in [5, 5.41) is 2.96. The first-order valence-corrected chi connectivity index (χ1v) is 9.63. The molecule has 1 saturated heterocycles. The first-order chi connectivity index (χ1) is 13.2. The summed E-state index contributed by atoms with van der Waals surface area (Å²) in [4.78, 5) is 32.9. The molecule has 140 valence electrons. The van der Waals surface area contributed by atoms with Crippen LogP contribution < -0.4 is 15.1 Å². The number of hydrogen-bond acceptors (Lipinski definition) is 3. The average molecular weight is 364 g/mol. The van der Waals surface area contributed by atoms with Crippen LogP contribution in [0.2, 0.25) is 0 Å². The maximum Gasteiger partial charge on any atom is 0.330 e. The molecule has 1 saturated carbocycles. The lowest BCUT2D eigenvalue weighted by molar-refractivity contribution is -0.120. The molecule has 3 amide bonds. The van der Waals surface area contributed by atoms with E-state index in [2.05, 4.69) is 10.3 Å². The van der Waals surface area contributed by atoms with Crippen molar-refractivity contribution in [1.82, 2.24) is 4.98 Å². The molecule has 0 spiro atoms. The quantitative estimate of drug-likeness (QED) is 0.890. The van der Waals surface area contributed by atoms with Crippen LogP contribution in [0.15, 0.2) is 48.7 Å². The lowest BCUT2D eigenvalue weighted by Crippen LogP contribution is -2.32. The van der Waals surface area contributed by atoms with Crippen molar-refractivity contribution in [3.63, 3.8) is 0 Å². The van der Waals surface area contributed by atoms with Crippen molar-refractivity contribution in [2.75, 3.05) is 28.2 Å². The Morgan fingerprint density at radius 3 is 2.41 bits per heavy atom. The van der Waals surface area contributed by atoms with E-state index in [4.69, 9.17) is 0 Å². The number of aromatic nitrogens is 1. The Morgan fingerprint density at radius 1 is 0.963 bits per heavy atom. The fourth-order valence-corrected chi connectivity index (χ4v) is 3.83. The van der Waals surface area contributed by atoms with Crippen molar-refractivity contribution in [3.05, 3.63) is 48.7 Å². The Balaban J connectivity index is 1.40. The molecule has 0 atom stereocenters. The second-order valence-electron chi connectivity index (χ2n) is 7.15. The van der Waals surface area contributed by atoms with Gasteiger partial charge in [-0.1, -0.05) is 37.5 Å². The first kappa shape index (κ1) is 17.5. The van der Waals surface area contributed by atoms with Crippen LogP contribution in [0, 0.1) is 5.92 Å². The van der Waals surface area contributed by atoms with E-state index < -0.39 is 0 Å². The number of carbonyl (C=O) groups is 2. The number of amides is 3. The molecule has 2 fully saturated rings. The van der Waals surface area contributed by atoms with Crippen molar-refractivity contribution in [2.45, 2.75) is 32.1 Å². The van der Waals surface area contributed by atoms with Gasteiger partial charge >= 0.3 is 6.03 Å². The predicted octanol–water partition coefficient (Wildman–Crippen LogP) is 4.05. The van der Waals surface area contributed by atoms with Crippen molar-refractivity contribution < 1.29 is 9.59 Å². The number of urea groups is 1. The van der Waals surface area contributed by atoms with Crippen molar-refractivity contribution in [3.8, 4) is 0 Å². The van der Waals surface area contributed by atoms with E-state index in [9.17, 15) is 9.59 Å². The Bertz CT molecular complexity index is 801. The minimum Gasteiger partial charge on any atom is -0.324 e. The molecule has 0 unspecified atom stereocenters. The number of para-hydroxylation sites is 1. The summed E-state index contributed by atoms with van der Waals surface area (Å²) < 4.78 is 0. The molecule has 2 aromatic rings. The Kier molecular flexibility index (Phi) is 5.05. The molecule has 0 bridgehead atoms. The van der Waals surface area contributed by atoms with E-state index in [1.807, 2.05) is 36.4 Å². The Hall–Kier alpha value is -2.89. The predicted molar refractivity (Wildman–Crippen MR) is 106 cm³/mol. The van der Waals surface area contributed by atoms with Crippen molar-refractivity contribution in [1.29, 1.82) is 0 Å². The van der Waals surface area contributed by atoms with E-state index >= 15 is 0 Å². The lowest BCUT2D eigenvalue weighted by atomic mass is 9.88. The lowest BCUT2D eigenvalue weighted by Gasteiger charge is -2.21. The molecule has 1 aromatic heterocycles. The van der Waals surface area contributed by atoms with E-state index in [0.717, 1.165) is 31.4 Å². The van der Waals surface area contributed by atoms with Gasteiger partial charge in [-0.25, -0.2) is 9.78 Å². The average Bonchev–Trinajstić information content (AvgIpc) is 3.11. The molecule has 27 heavy (non-hydrogen) atoms. The fourth-order valence-electron chi connectivity index (χ4n) is 3.83. The van der Waals surface area contributed by atoms with Gasteiger partial charge in [0.2, 0.25) is 5.91 Å². The number of anilines is 3. The standard InChI is InChI=1S/C21H24N4O2/c26-20(16-7-3-1-4-8-16)23-17-11-12-19(22-15-17)25-14-13-24(21(25)27)18-9-5-2-6-10-18/h2,5-6,9-12,15-16H,1,3-4,7-8,13-14H2,(H,23,26). The Morgan fingerprint density at radius 2 is 1.70 bits per heavy atom. The molecule has 1 aliphatic carbocycles. The van der Waals surface area contributed by atoms with E-state index in [0.29, 0.717) is 24.6 Å². The van der Waals surface area contributed by atoms with Gasteiger partial charge in [-0.05, 0) is 37.1 Å².